The first-order valence-electron chi connectivity index (χ1n) is 6.00. The van der Waals surface area contributed by atoms with Gasteiger partial charge >= 0.3 is 0 Å². The summed E-state index contributed by atoms with van der Waals surface area (Å²) in [6.45, 7) is 3.67. The highest BCUT2D eigenvalue weighted by molar-refractivity contribution is 5.83. The zero-order chi connectivity index (χ0) is 10.8. The van der Waals surface area contributed by atoms with Gasteiger partial charge in [-0.1, -0.05) is 6.92 Å². The van der Waals surface area contributed by atoms with Crippen LogP contribution in [0, 0.1) is 11.8 Å². The minimum Gasteiger partial charge on any atom is -0.342 e. The van der Waals surface area contributed by atoms with Crippen LogP contribution in [0.1, 0.15) is 39.0 Å². The summed E-state index contributed by atoms with van der Waals surface area (Å²) in [5.74, 6) is 1.13. The fraction of sp³-hybridized carbons (Fsp3) is 0.833. The fourth-order valence-electron chi connectivity index (χ4n) is 2.62. The molecule has 1 aliphatic heterocycles. The van der Waals surface area contributed by atoms with Crippen LogP contribution in [0.4, 0.5) is 0 Å². The van der Waals surface area contributed by atoms with Crippen LogP contribution < -0.4 is 0 Å². The minimum atomic E-state index is 0.198. The summed E-state index contributed by atoms with van der Waals surface area (Å²) in [5, 5.41) is 0. The molecule has 2 atom stereocenters. The van der Waals surface area contributed by atoms with Gasteiger partial charge in [0.2, 0.25) is 5.91 Å². The van der Waals surface area contributed by atoms with Gasteiger partial charge in [0.25, 0.3) is 0 Å². The van der Waals surface area contributed by atoms with Crippen molar-refractivity contribution in [1.29, 1.82) is 0 Å². The maximum absolute atomic E-state index is 11.6. The van der Waals surface area contributed by atoms with Gasteiger partial charge in [-0.05, 0) is 25.7 Å². The molecule has 3 nitrogen and oxygen atoms in total. The molecular weight excluding hydrogens is 190 g/mol. The average Bonchev–Trinajstić information content (AvgIpc) is 2.74. The topological polar surface area (TPSA) is 37.4 Å². The van der Waals surface area contributed by atoms with Crippen LogP contribution in [0.3, 0.4) is 0 Å². The third kappa shape index (κ3) is 2.21. The highest BCUT2D eigenvalue weighted by atomic mass is 16.2. The van der Waals surface area contributed by atoms with E-state index < -0.39 is 0 Å². The standard InChI is InChI=1S/C12H19NO2/c1-9-5-7-13(12(9)15)8-6-10-3-2-4-11(10)14/h9-10H,2-8H2,1H3. The molecule has 2 rings (SSSR count). The van der Waals surface area contributed by atoms with Crippen LogP contribution in [0.2, 0.25) is 0 Å². The van der Waals surface area contributed by atoms with E-state index in [4.69, 9.17) is 0 Å². The zero-order valence-electron chi connectivity index (χ0n) is 9.37. The van der Waals surface area contributed by atoms with Crippen molar-refractivity contribution in [3.05, 3.63) is 0 Å². The predicted molar refractivity (Wildman–Crippen MR) is 57.3 cm³/mol. The van der Waals surface area contributed by atoms with Crippen molar-refractivity contribution in [1.82, 2.24) is 4.90 Å². The van der Waals surface area contributed by atoms with Crippen molar-refractivity contribution >= 4 is 11.7 Å². The van der Waals surface area contributed by atoms with Gasteiger partial charge in [0.1, 0.15) is 5.78 Å². The molecule has 15 heavy (non-hydrogen) atoms. The summed E-state index contributed by atoms with van der Waals surface area (Å²) in [5.41, 5.74) is 0. The Labute approximate surface area is 90.8 Å². The lowest BCUT2D eigenvalue weighted by molar-refractivity contribution is -0.131. The number of ketones is 1. The molecule has 0 spiro atoms. The monoisotopic (exact) mass is 209 g/mol. The Morgan fingerprint density at radius 1 is 1.33 bits per heavy atom. The second-order valence-electron chi connectivity index (χ2n) is 4.86. The molecule has 1 saturated carbocycles. The van der Waals surface area contributed by atoms with Crippen LogP contribution in [0.25, 0.3) is 0 Å². The number of rotatable bonds is 3. The first-order valence-corrected chi connectivity index (χ1v) is 6.00. The molecule has 0 bridgehead atoms. The van der Waals surface area contributed by atoms with E-state index in [1.807, 2.05) is 11.8 Å². The van der Waals surface area contributed by atoms with Gasteiger partial charge in [0.15, 0.2) is 0 Å². The molecule has 84 valence electrons. The molecule has 0 aromatic carbocycles. The van der Waals surface area contributed by atoms with Gasteiger partial charge in [-0.2, -0.15) is 0 Å². The molecule has 1 amide bonds. The molecule has 1 heterocycles. The Balaban J connectivity index is 1.78. The van der Waals surface area contributed by atoms with Crippen LogP contribution in [-0.4, -0.2) is 29.7 Å². The lowest BCUT2D eigenvalue weighted by Gasteiger charge is -2.17. The highest BCUT2D eigenvalue weighted by Crippen LogP contribution is 2.26. The van der Waals surface area contributed by atoms with Crippen LogP contribution in [0.15, 0.2) is 0 Å². The zero-order valence-corrected chi connectivity index (χ0v) is 9.37. The van der Waals surface area contributed by atoms with E-state index in [0.717, 1.165) is 45.2 Å². The molecule has 0 aromatic heterocycles. The number of likely N-dealkylation sites (tertiary alicyclic amines) is 1. The van der Waals surface area contributed by atoms with Crippen LogP contribution in [0.5, 0.6) is 0 Å². The van der Waals surface area contributed by atoms with Crippen molar-refractivity contribution in [3.63, 3.8) is 0 Å². The van der Waals surface area contributed by atoms with Crippen molar-refractivity contribution in [2.45, 2.75) is 39.0 Å². The summed E-state index contributed by atoms with van der Waals surface area (Å²) in [6, 6.07) is 0. The minimum absolute atomic E-state index is 0.198. The molecule has 2 fully saturated rings. The third-order valence-electron chi connectivity index (χ3n) is 3.74. The summed E-state index contributed by atoms with van der Waals surface area (Å²) in [4.78, 5) is 25.0. The molecule has 2 aliphatic rings. The third-order valence-corrected chi connectivity index (χ3v) is 3.74. The first kappa shape index (κ1) is 10.7. The van der Waals surface area contributed by atoms with Gasteiger partial charge in [0, 0.05) is 31.3 Å². The molecule has 0 radical (unpaired) electrons. The number of carbonyl (C=O) groups excluding carboxylic acids is 2. The number of Topliss-reactive ketones (excluding diaryl/α,β-unsaturated/α-hetero) is 1. The fourth-order valence-corrected chi connectivity index (χ4v) is 2.62. The van der Waals surface area contributed by atoms with Gasteiger partial charge in [0.05, 0.1) is 0 Å². The molecule has 1 aliphatic carbocycles. The number of hydrogen-bond donors (Lipinski definition) is 0. The predicted octanol–water partition coefficient (Wildman–Crippen LogP) is 1.61. The van der Waals surface area contributed by atoms with Crippen molar-refractivity contribution in [2.24, 2.45) is 11.8 Å². The Kier molecular flexibility index (Phi) is 3.08. The van der Waals surface area contributed by atoms with Crippen molar-refractivity contribution in [2.75, 3.05) is 13.1 Å². The Bertz CT molecular complexity index is 275. The first-order chi connectivity index (χ1) is 7.18. The number of nitrogens with zero attached hydrogens (tertiary/aromatic N) is 1. The van der Waals surface area contributed by atoms with E-state index in [9.17, 15) is 9.59 Å². The highest BCUT2D eigenvalue weighted by Gasteiger charge is 2.30. The van der Waals surface area contributed by atoms with Gasteiger partial charge < -0.3 is 4.90 Å². The number of hydrogen-bond acceptors (Lipinski definition) is 2. The van der Waals surface area contributed by atoms with Gasteiger partial charge in [-0.3, -0.25) is 9.59 Å². The number of carbonyl (C=O) groups is 2. The molecule has 3 heteroatoms. The molecule has 1 saturated heterocycles. The summed E-state index contributed by atoms with van der Waals surface area (Å²) < 4.78 is 0. The van der Waals surface area contributed by atoms with E-state index >= 15 is 0 Å². The largest absolute Gasteiger partial charge is 0.342 e. The van der Waals surface area contributed by atoms with E-state index in [1.54, 1.807) is 0 Å². The number of amides is 1. The Hall–Kier alpha value is -0.860. The maximum Gasteiger partial charge on any atom is 0.225 e. The lowest BCUT2D eigenvalue weighted by Crippen LogP contribution is -2.29. The second-order valence-corrected chi connectivity index (χ2v) is 4.86. The Morgan fingerprint density at radius 2 is 2.13 bits per heavy atom. The summed E-state index contributed by atoms with van der Waals surface area (Å²) in [7, 11) is 0. The van der Waals surface area contributed by atoms with Crippen molar-refractivity contribution < 1.29 is 9.59 Å². The molecule has 2 unspecified atom stereocenters. The van der Waals surface area contributed by atoms with Crippen LogP contribution >= 0.6 is 0 Å². The molecule has 0 aromatic rings. The van der Waals surface area contributed by atoms with E-state index in [-0.39, 0.29) is 17.7 Å². The molecule has 0 N–H and O–H groups in total. The van der Waals surface area contributed by atoms with E-state index in [0.29, 0.717) is 5.78 Å². The second kappa shape index (κ2) is 4.33. The SMILES string of the molecule is CC1CCN(CCC2CCCC2=O)C1=O. The van der Waals surface area contributed by atoms with E-state index in [2.05, 4.69) is 0 Å². The lowest BCUT2D eigenvalue weighted by atomic mass is 10.0. The summed E-state index contributed by atoms with van der Waals surface area (Å²) >= 11 is 0. The van der Waals surface area contributed by atoms with E-state index in [1.165, 1.54) is 0 Å². The normalized spacial score (nSPS) is 31.7. The molecular formula is C12H19NO2. The van der Waals surface area contributed by atoms with Gasteiger partial charge in [-0.25, -0.2) is 0 Å². The summed E-state index contributed by atoms with van der Waals surface area (Å²) in [6.07, 6.45) is 4.72. The van der Waals surface area contributed by atoms with Crippen molar-refractivity contribution in [3.8, 4) is 0 Å². The Morgan fingerprint density at radius 3 is 2.67 bits per heavy atom. The maximum atomic E-state index is 11.6. The quantitative estimate of drug-likeness (QED) is 0.708. The smallest absolute Gasteiger partial charge is 0.225 e. The van der Waals surface area contributed by atoms with Crippen LogP contribution in [-0.2, 0) is 9.59 Å². The van der Waals surface area contributed by atoms with Gasteiger partial charge in [-0.15, -0.1) is 0 Å². The average molecular weight is 209 g/mol.